The van der Waals surface area contributed by atoms with Gasteiger partial charge in [0.1, 0.15) is 5.75 Å². The predicted molar refractivity (Wildman–Crippen MR) is 81.6 cm³/mol. The van der Waals surface area contributed by atoms with Gasteiger partial charge in [-0.25, -0.2) is 0 Å². The molecule has 0 N–H and O–H groups in total. The summed E-state index contributed by atoms with van der Waals surface area (Å²) in [7, 11) is 0. The first kappa shape index (κ1) is 15.8. The van der Waals surface area contributed by atoms with Gasteiger partial charge >= 0.3 is 0 Å². The fraction of sp³-hybridized carbons (Fsp3) is 0.214. The van der Waals surface area contributed by atoms with E-state index in [1.54, 1.807) is 35.3 Å². The van der Waals surface area contributed by atoms with E-state index in [4.69, 9.17) is 16.3 Å². The summed E-state index contributed by atoms with van der Waals surface area (Å²) in [5.74, 6) is 0.455. The molecule has 102 valence electrons. The molecule has 0 heterocycles. The third-order valence-corrected chi connectivity index (χ3v) is 3.15. The molecule has 0 bridgehead atoms. The second-order valence-electron chi connectivity index (χ2n) is 3.74. The van der Waals surface area contributed by atoms with E-state index in [-0.39, 0.29) is 12.5 Å². The van der Waals surface area contributed by atoms with Crippen LogP contribution < -0.4 is 4.74 Å². The van der Waals surface area contributed by atoms with Gasteiger partial charge < -0.3 is 9.64 Å². The van der Waals surface area contributed by atoms with Crippen LogP contribution in [0.2, 0.25) is 5.02 Å². The Morgan fingerprint density at radius 2 is 2.00 bits per heavy atom. The number of ether oxygens (including phenoxy) is 1. The van der Waals surface area contributed by atoms with E-state index in [2.05, 4.69) is 29.1 Å². The van der Waals surface area contributed by atoms with Crippen LogP contribution in [-0.4, -0.2) is 30.5 Å². The molecule has 5 heteroatoms. The molecule has 0 aliphatic rings. The van der Waals surface area contributed by atoms with Crippen molar-refractivity contribution in [3.05, 3.63) is 53.0 Å². The zero-order valence-corrected chi connectivity index (χ0v) is 12.8. The maximum absolute atomic E-state index is 11.9. The molecule has 0 spiro atoms. The molecule has 0 unspecified atom stereocenters. The monoisotopic (exact) mass is 343 g/mol. The fourth-order valence-electron chi connectivity index (χ4n) is 1.41. The topological polar surface area (TPSA) is 29.5 Å². The van der Waals surface area contributed by atoms with Gasteiger partial charge in [-0.3, -0.25) is 4.79 Å². The highest BCUT2D eigenvalue weighted by atomic mass is 79.9. The Hall–Kier alpha value is -1.26. The predicted octanol–water partition coefficient (Wildman–Crippen LogP) is 3.68. The van der Waals surface area contributed by atoms with Crippen LogP contribution >= 0.6 is 27.5 Å². The number of halogens is 2. The van der Waals surface area contributed by atoms with Crippen molar-refractivity contribution in [1.82, 2.24) is 4.90 Å². The lowest BCUT2D eigenvalue weighted by atomic mass is 10.3. The number of carbonyl (C=O) groups is 1. The Labute approximate surface area is 126 Å². The fourth-order valence-corrected chi connectivity index (χ4v) is 2.21. The van der Waals surface area contributed by atoms with Gasteiger partial charge in [-0.15, -0.1) is 13.2 Å². The lowest BCUT2D eigenvalue weighted by molar-refractivity contribution is -0.132. The number of amides is 1. The van der Waals surface area contributed by atoms with Crippen LogP contribution in [0.25, 0.3) is 0 Å². The third kappa shape index (κ3) is 5.09. The van der Waals surface area contributed by atoms with Crippen LogP contribution in [0.1, 0.15) is 0 Å². The summed E-state index contributed by atoms with van der Waals surface area (Å²) in [5, 5.41) is 0.602. The number of rotatable bonds is 7. The highest BCUT2D eigenvalue weighted by Crippen LogP contribution is 2.27. The third-order valence-electron chi connectivity index (χ3n) is 2.30. The lowest BCUT2D eigenvalue weighted by Crippen LogP contribution is -2.35. The molecule has 1 rings (SSSR count). The smallest absolute Gasteiger partial charge is 0.261 e. The number of benzene rings is 1. The molecule has 19 heavy (non-hydrogen) atoms. The molecule has 0 saturated carbocycles. The van der Waals surface area contributed by atoms with Crippen molar-refractivity contribution in [2.45, 2.75) is 0 Å². The summed E-state index contributed by atoms with van der Waals surface area (Å²) in [6.07, 6.45) is 3.33. The minimum atomic E-state index is -0.123. The maximum atomic E-state index is 11.9. The highest BCUT2D eigenvalue weighted by molar-refractivity contribution is 9.10. The van der Waals surface area contributed by atoms with E-state index < -0.39 is 0 Å². The Kier molecular flexibility index (Phi) is 6.67. The van der Waals surface area contributed by atoms with Gasteiger partial charge in [0.15, 0.2) is 6.61 Å². The maximum Gasteiger partial charge on any atom is 0.261 e. The molecule has 0 fully saturated rings. The van der Waals surface area contributed by atoms with Crippen molar-refractivity contribution in [1.29, 1.82) is 0 Å². The normalized spacial score (nSPS) is 9.79. The number of carbonyl (C=O) groups excluding carboxylic acids is 1. The van der Waals surface area contributed by atoms with Crippen LogP contribution in [0.4, 0.5) is 0 Å². The Balaban J connectivity index is 2.61. The van der Waals surface area contributed by atoms with Crippen LogP contribution in [0.5, 0.6) is 5.75 Å². The highest BCUT2D eigenvalue weighted by Gasteiger charge is 2.12. The largest absolute Gasteiger partial charge is 0.483 e. The van der Waals surface area contributed by atoms with Gasteiger partial charge in [-0.1, -0.05) is 23.8 Å². The van der Waals surface area contributed by atoms with E-state index in [0.29, 0.717) is 28.3 Å². The van der Waals surface area contributed by atoms with Gasteiger partial charge in [-0.05, 0) is 34.1 Å². The summed E-state index contributed by atoms with van der Waals surface area (Å²) in [5.41, 5.74) is 0. The van der Waals surface area contributed by atoms with E-state index in [1.165, 1.54) is 0 Å². The minimum absolute atomic E-state index is 0.0398. The van der Waals surface area contributed by atoms with Crippen molar-refractivity contribution >= 4 is 33.4 Å². The first-order valence-electron chi connectivity index (χ1n) is 5.66. The minimum Gasteiger partial charge on any atom is -0.483 e. The summed E-state index contributed by atoms with van der Waals surface area (Å²) in [6.45, 7) is 8.13. The van der Waals surface area contributed by atoms with Crippen LogP contribution in [0.15, 0.2) is 48.0 Å². The zero-order valence-electron chi connectivity index (χ0n) is 10.4. The molecule has 3 nitrogen and oxygen atoms in total. The molecule has 0 saturated heterocycles. The van der Waals surface area contributed by atoms with Crippen molar-refractivity contribution < 1.29 is 9.53 Å². The molecule has 1 aromatic carbocycles. The van der Waals surface area contributed by atoms with E-state index in [1.807, 2.05) is 0 Å². The van der Waals surface area contributed by atoms with Gasteiger partial charge in [0.2, 0.25) is 0 Å². The molecule has 0 aromatic heterocycles. The molecule has 0 aliphatic heterocycles. The first-order chi connectivity index (χ1) is 9.08. The van der Waals surface area contributed by atoms with Gasteiger partial charge in [0.05, 0.1) is 4.47 Å². The second kappa shape index (κ2) is 8.02. The Bertz CT molecular complexity index is 467. The summed E-state index contributed by atoms with van der Waals surface area (Å²) in [6, 6.07) is 5.13. The van der Waals surface area contributed by atoms with Gasteiger partial charge in [0, 0.05) is 18.1 Å². The standard InChI is InChI=1S/C14H15BrClNO2/c1-3-7-17(8-4-2)14(18)10-19-13-6-5-11(16)9-12(13)15/h3-6,9H,1-2,7-8,10H2. The van der Waals surface area contributed by atoms with E-state index in [9.17, 15) is 4.79 Å². The van der Waals surface area contributed by atoms with Crippen molar-refractivity contribution in [2.75, 3.05) is 19.7 Å². The summed E-state index contributed by atoms with van der Waals surface area (Å²) < 4.78 is 6.18. The molecular weight excluding hydrogens is 330 g/mol. The van der Waals surface area contributed by atoms with Gasteiger partial charge in [0.25, 0.3) is 5.91 Å². The summed E-state index contributed by atoms with van der Waals surface area (Å²) >= 11 is 9.16. The van der Waals surface area contributed by atoms with Crippen molar-refractivity contribution in [3.8, 4) is 5.75 Å². The average molecular weight is 345 g/mol. The van der Waals surface area contributed by atoms with E-state index in [0.717, 1.165) is 0 Å². The van der Waals surface area contributed by atoms with Crippen LogP contribution in [0.3, 0.4) is 0 Å². The van der Waals surface area contributed by atoms with E-state index >= 15 is 0 Å². The zero-order chi connectivity index (χ0) is 14.3. The summed E-state index contributed by atoms with van der Waals surface area (Å²) in [4.78, 5) is 13.5. The molecular formula is C14H15BrClNO2. The molecule has 1 amide bonds. The lowest BCUT2D eigenvalue weighted by Gasteiger charge is -2.19. The molecule has 0 aliphatic carbocycles. The number of nitrogens with zero attached hydrogens (tertiary/aromatic N) is 1. The molecule has 1 aromatic rings. The quantitative estimate of drug-likeness (QED) is 0.706. The first-order valence-corrected chi connectivity index (χ1v) is 6.83. The van der Waals surface area contributed by atoms with Crippen LogP contribution in [0, 0.1) is 0 Å². The van der Waals surface area contributed by atoms with Gasteiger partial charge in [-0.2, -0.15) is 0 Å². The molecule has 0 radical (unpaired) electrons. The molecule has 0 atom stereocenters. The number of hydrogen-bond donors (Lipinski definition) is 0. The average Bonchev–Trinajstić information content (AvgIpc) is 2.37. The van der Waals surface area contributed by atoms with Crippen molar-refractivity contribution in [2.24, 2.45) is 0 Å². The number of hydrogen-bond acceptors (Lipinski definition) is 2. The SMILES string of the molecule is C=CCN(CC=C)C(=O)COc1ccc(Cl)cc1Br. The Morgan fingerprint density at radius 1 is 1.37 bits per heavy atom. The van der Waals surface area contributed by atoms with Crippen LogP contribution in [-0.2, 0) is 4.79 Å². The Morgan fingerprint density at radius 3 is 2.53 bits per heavy atom. The van der Waals surface area contributed by atoms with Crippen molar-refractivity contribution in [3.63, 3.8) is 0 Å². The second-order valence-corrected chi connectivity index (χ2v) is 5.03.